The van der Waals surface area contributed by atoms with Crippen molar-refractivity contribution in [2.45, 2.75) is 6.92 Å². The van der Waals surface area contributed by atoms with Gasteiger partial charge in [0.1, 0.15) is 5.58 Å². The average molecular weight is 314 g/mol. The van der Waals surface area contributed by atoms with Crippen LogP contribution >= 0.6 is 11.6 Å². The number of benzene rings is 2. The van der Waals surface area contributed by atoms with Crippen molar-refractivity contribution >= 4 is 39.9 Å². The van der Waals surface area contributed by atoms with E-state index in [9.17, 15) is 9.59 Å². The van der Waals surface area contributed by atoms with Gasteiger partial charge in [0.25, 0.3) is 5.91 Å². The lowest BCUT2D eigenvalue weighted by molar-refractivity contribution is 0.0990. The SMILES string of the molecule is CC(=O)c1oc2ccc(Cl)cc2c1NC(=O)c1ccccc1. The number of Topliss-reactive ketones (excluding diaryl/α,β-unsaturated/α-hetero) is 1. The summed E-state index contributed by atoms with van der Waals surface area (Å²) in [5, 5.41) is 3.84. The van der Waals surface area contributed by atoms with Crippen molar-refractivity contribution in [1.29, 1.82) is 0 Å². The molecule has 22 heavy (non-hydrogen) atoms. The van der Waals surface area contributed by atoms with Gasteiger partial charge in [0.2, 0.25) is 0 Å². The molecule has 0 radical (unpaired) electrons. The Labute approximate surface area is 131 Å². The van der Waals surface area contributed by atoms with Gasteiger partial charge in [-0.15, -0.1) is 0 Å². The monoisotopic (exact) mass is 313 g/mol. The molecule has 0 aliphatic rings. The van der Waals surface area contributed by atoms with Crippen molar-refractivity contribution in [2.75, 3.05) is 5.32 Å². The quantitative estimate of drug-likeness (QED) is 0.722. The summed E-state index contributed by atoms with van der Waals surface area (Å²) in [6.45, 7) is 1.39. The van der Waals surface area contributed by atoms with Gasteiger partial charge in [-0.3, -0.25) is 9.59 Å². The van der Waals surface area contributed by atoms with Gasteiger partial charge in [-0.2, -0.15) is 0 Å². The van der Waals surface area contributed by atoms with E-state index in [1.165, 1.54) is 6.92 Å². The fraction of sp³-hybridized carbons (Fsp3) is 0.0588. The Hall–Kier alpha value is -2.59. The number of fused-ring (bicyclic) bond motifs is 1. The van der Waals surface area contributed by atoms with Crippen LogP contribution in [-0.4, -0.2) is 11.7 Å². The second-order valence-corrected chi connectivity index (χ2v) is 5.26. The third-order valence-corrected chi connectivity index (χ3v) is 3.48. The Morgan fingerprint density at radius 2 is 1.82 bits per heavy atom. The molecule has 0 fully saturated rings. The third-order valence-electron chi connectivity index (χ3n) is 3.24. The molecule has 1 amide bonds. The lowest BCUT2D eigenvalue weighted by Crippen LogP contribution is -2.13. The van der Waals surface area contributed by atoms with Crippen LogP contribution in [0.3, 0.4) is 0 Å². The summed E-state index contributed by atoms with van der Waals surface area (Å²) in [6.07, 6.45) is 0. The fourth-order valence-corrected chi connectivity index (χ4v) is 2.39. The smallest absolute Gasteiger partial charge is 0.255 e. The lowest BCUT2D eigenvalue weighted by atomic mass is 10.1. The number of rotatable bonds is 3. The van der Waals surface area contributed by atoms with Gasteiger partial charge in [0.15, 0.2) is 11.5 Å². The average Bonchev–Trinajstić information content (AvgIpc) is 2.86. The van der Waals surface area contributed by atoms with Gasteiger partial charge < -0.3 is 9.73 Å². The molecule has 1 heterocycles. The van der Waals surface area contributed by atoms with Crippen molar-refractivity contribution in [3.8, 4) is 0 Å². The second kappa shape index (κ2) is 5.66. The number of hydrogen-bond donors (Lipinski definition) is 1. The topological polar surface area (TPSA) is 59.3 Å². The molecule has 1 aromatic heterocycles. The standard InChI is InChI=1S/C17H12ClNO3/c1-10(20)16-15(13-9-12(18)7-8-14(13)22-16)19-17(21)11-5-3-2-4-6-11/h2-9H,1H3,(H,19,21). The number of amides is 1. The zero-order valence-electron chi connectivity index (χ0n) is 11.7. The van der Waals surface area contributed by atoms with Gasteiger partial charge >= 0.3 is 0 Å². The summed E-state index contributed by atoms with van der Waals surface area (Å²) in [6, 6.07) is 13.7. The highest BCUT2D eigenvalue weighted by atomic mass is 35.5. The first kappa shape index (κ1) is 14.4. The van der Waals surface area contributed by atoms with E-state index in [1.807, 2.05) is 6.07 Å². The molecule has 3 rings (SSSR count). The number of hydrogen-bond acceptors (Lipinski definition) is 3. The molecule has 5 heteroatoms. The van der Waals surface area contributed by atoms with Crippen LogP contribution in [0.1, 0.15) is 27.8 Å². The number of halogens is 1. The van der Waals surface area contributed by atoms with Crippen molar-refractivity contribution in [3.63, 3.8) is 0 Å². The lowest BCUT2D eigenvalue weighted by Gasteiger charge is -2.05. The van der Waals surface area contributed by atoms with Crippen molar-refractivity contribution < 1.29 is 14.0 Å². The molecule has 0 aliphatic heterocycles. The van der Waals surface area contributed by atoms with Crippen LogP contribution in [0.15, 0.2) is 52.9 Å². The second-order valence-electron chi connectivity index (χ2n) is 4.82. The summed E-state index contributed by atoms with van der Waals surface area (Å²) < 4.78 is 5.53. The van der Waals surface area contributed by atoms with E-state index in [0.717, 1.165) is 0 Å². The molecule has 110 valence electrons. The Balaban J connectivity index is 2.09. The summed E-state index contributed by atoms with van der Waals surface area (Å²) in [5.74, 6) is -0.469. The molecule has 0 saturated carbocycles. The van der Waals surface area contributed by atoms with Crippen LogP contribution in [0.5, 0.6) is 0 Å². The Kier molecular flexibility index (Phi) is 3.69. The minimum atomic E-state index is -0.314. The van der Waals surface area contributed by atoms with Gasteiger partial charge in [-0.25, -0.2) is 0 Å². The molecule has 3 aromatic rings. The number of carbonyl (C=O) groups is 2. The van der Waals surface area contributed by atoms with Crippen LogP contribution in [0, 0.1) is 0 Å². The molecular formula is C17H12ClNO3. The summed E-state index contributed by atoms with van der Waals surface area (Å²) in [5.41, 5.74) is 1.34. The molecule has 0 aliphatic carbocycles. The van der Waals surface area contributed by atoms with E-state index < -0.39 is 0 Å². The summed E-state index contributed by atoms with van der Waals surface area (Å²) >= 11 is 5.99. The molecule has 0 atom stereocenters. The van der Waals surface area contributed by atoms with Crippen LogP contribution < -0.4 is 5.32 Å². The van der Waals surface area contributed by atoms with E-state index >= 15 is 0 Å². The highest BCUT2D eigenvalue weighted by molar-refractivity contribution is 6.31. The first-order valence-electron chi connectivity index (χ1n) is 6.65. The van der Waals surface area contributed by atoms with Crippen molar-refractivity contribution in [3.05, 3.63) is 64.9 Å². The highest BCUT2D eigenvalue weighted by Crippen LogP contribution is 2.33. The highest BCUT2D eigenvalue weighted by Gasteiger charge is 2.20. The van der Waals surface area contributed by atoms with Crippen LogP contribution in [0.25, 0.3) is 11.0 Å². The predicted octanol–water partition coefficient (Wildman–Crippen LogP) is 4.54. The maximum atomic E-state index is 12.3. The van der Waals surface area contributed by atoms with Crippen LogP contribution in [0.2, 0.25) is 5.02 Å². The normalized spacial score (nSPS) is 10.6. The number of anilines is 1. The van der Waals surface area contributed by atoms with Gasteiger partial charge in [-0.1, -0.05) is 29.8 Å². The molecular weight excluding hydrogens is 302 g/mol. The zero-order valence-corrected chi connectivity index (χ0v) is 12.5. The Bertz CT molecular complexity index is 868. The number of carbonyl (C=O) groups excluding carboxylic acids is 2. The molecule has 0 bridgehead atoms. The molecule has 0 unspecified atom stereocenters. The Morgan fingerprint density at radius 1 is 1.09 bits per heavy atom. The zero-order chi connectivity index (χ0) is 15.7. The van der Waals surface area contributed by atoms with Crippen molar-refractivity contribution in [2.24, 2.45) is 0 Å². The largest absolute Gasteiger partial charge is 0.451 e. The molecule has 1 N–H and O–H groups in total. The Morgan fingerprint density at radius 3 is 2.50 bits per heavy atom. The molecule has 2 aromatic carbocycles. The third kappa shape index (κ3) is 2.61. The first-order valence-corrected chi connectivity index (χ1v) is 7.03. The molecule has 4 nitrogen and oxygen atoms in total. The predicted molar refractivity (Wildman–Crippen MR) is 85.6 cm³/mol. The van der Waals surface area contributed by atoms with Gasteiger partial charge in [-0.05, 0) is 30.3 Å². The number of furan rings is 1. The number of nitrogens with one attached hydrogen (secondary N) is 1. The minimum absolute atomic E-state index is 0.113. The van der Waals surface area contributed by atoms with E-state index in [0.29, 0.717) is 27.2 Å². The molecule has 0 saturated heterocycles. The minimum Gasteiger partial charge on any atom is -0.451 e. The van der Waals surface area contributed by atoms with E-state index in [-0.39, 0.29) is 17.5 Å². The van der Waals surface area contributed by atoms with E-state index in [1.54, 1.807) is 42.5 Å². The fourth-order valence-electron chi connectivity index (χ4n) is 2.22. The first-order chi connectivity index (χ1) is 10.6. The maximum absolute atomic E-state index is 12.3. The maximum Gasteiger partial charge on any atom is 0.255 e. The van der Waals surface area contributed by atoms with Crippen LogP contribution in [-0.2, 0) is 0 Å². The van der Waals surface area contributed by atoms with Crippen LogP contribution in [0.4, 0.5) is 5.69 Å². The van der Waals surface area contributed by atoms with E-state index in [4.69, 9.17) is 16.0 Å². The van der Waals surface area contributed by atoms with Gasteiger partial charge in [0, 0.05) is 22.9 Å². The summed E-state index contributed by atoms with van der Waals surface area (Å²) in [4.78, 5) is 24.1. The summed E-state index contributed by atoms with van der Waals surface area (Å²) in [7, 11) is 0. The number of ketones is 1. The molecule has 0 spiro atoms. The van der Waals surface area contributed by atoms with Gasteiger partial charge in [0.05, 0.1) is 5.69 Å². The van der Waals surface area contributed by atoms with E-state index in [2.05, 4.69) is 5.32 Å². The van der Waals surface area contributed by atoms with Crippen molar-refractivity contribution in [1.82, 2.24) is 0 Å².